The van der Waals surface area contributed by atoms with Crippen LogP contribution in [0.25, 0.3) is 0 Å². The van der Waals surface area contributed by atoms with Crippen LogP contribution in [0.5, 0.6) is 5.75 Å². The third kappa shape index (κ3) is 4.59. The maximum absolute atomic E-state index is 12.3. The van der Waals surface area contributed by atoms with E-state index >= 15 is 0 Å². The molecule has 1 amide bonds. The summed E-state index contributed by atoms with van der Waals surface area (Å²) in [5.74, 6) is -0.752. The third-order valence-electron chi connectivity index (χ3n) is 4.23. The van der Waals surface area contributed by atoms with Crippen LogP contribution in [0.3, 0.4) is 0 Å². The molecule has 0 aliphatic heterocycles. The molecular weight excluding hydrogens is 318 g/mol. The molecule has 2 aromatic carbocycles. The molecule has 1 aliphatic rings. The monoisotopic (exact) mass is 339 g/mol. The number of amides is 1. The van der Waals surface area contributed by atoms with Crippen molar-refractivity contribution in [2.24, 2.45) is 5.92 Å². The Morgan fingerprint density at radius 3 is 2.64 bits per heavy atom. The van der Waals surface area contributed by atoms with Crippen molar-refractivity contribution in [3.05, 3.63) is 65.2 Å². The lowest BCUT2D eigenvalue weighted by molar-refractivity contribution is -0.139. The highest BCUT2D eigenvalue weighted by Gasteiger charge is 2.37. The summed E-state index contributed by atoms with van der Waals surface area (Å²) in [6.45, 7) is 2.43. The minimum atomic E-state index is -0.984. The van der Waals surface area contributed by atoms with E-state index in [9.17, 15) is 14.7 Å². The number of carbonyl (C=O) groups excluding carboxylic acids is 1. The van der Waals surface area contributed by atoms with Crippen LogP contribution >= 0.6 is 0 Å². The second-order valence-corrected chi connectivity index (χ2v) is 6.43. The van der Waals surface area contributed by atoms with Gasteiger partial charge in [-0.05, 0) is 49.4 Å². The van der Waals surface area contributed by atoms with E-state index in [0.717, 1.165) is 24.0 Å². The molecule has 1 aliphatic carbocycles. The fourth-order valence-electron chi connectivity index (χ4n) is 2.73. The van der Waals surface area contributed by atoms with Gasteiger partial charge in [0.1, 0.15) is 18.4 Å². The largest absolute Gasteiger partial charge is 0.489 e. The number of ether oxygens (including phenoxy) is 1. The highest BCUT2D eigenvalue weighted by Crippen LogP contribution is 2.33. The molecule has 1 saturated carbocycles. The fourth-order valence-corrected chi connectivity index (χ4v) is 2.73. The fraction of sp³-hybridized carbons (Fsp3) is 0.300. The van der Waals surface area contributed by atoms with E-state index in [1.165, 1.54) is 0 Å². The van der Waals surface area contributed by atoms with E-state index in [1.54, 1.807) is 24.3 Å². The summed E-state index contributed by atoms with van der Waals surface area (Å²) in [4.78, 5) is 23.6. The summed E-state index contributed by atoms with van der Waals surface area (Å²) < 4.78 is 5.75. The van der Waals surface area contributed by atoms with E-state index < -0.39 is 12.0 Å². The Morgan fingerprint density at radius 2 is 1.96 bits per heavy atom. The van der Waals surface area contributed by atoms with Gasteiger partial charge in [-0.1, -0.05) is 35.9 Å². The zero-order chi connectivity index (χ0) is 17.8. The zero-order valence-corrected chi connectivity index (χ0v) is 14.1. The van der Waals surface area contributed by atoms with Crippen molar-refractivity contribution in [2.45, 2.75) is 32.4 Å². The van der Waals surface area contributed by atoms with Crippen LogP contribution in [-0.2, 0) is 11.4 Å². The van der Waals surface area contributed by atoms with Gasteiger partial charge in [0.25, 0.3) is 5.91 Å². The Balaban J connectivity index is 1.64. The van der Waals surface area contributed by atoms with Crippen molar-refractivity contribution in [3.8, 4) is 5.75 Å². The van der Waals surface area contributed by atoms with E-state index in [-0.39, 0.29) is 11.8 Å². The van der Waals surface area contributed by atoms with Gasteiger partial charge in [-0.15, -0.1) is 0 Å². The van der Waals surface area contributed by atoms with Crippen molar-refractivity contribution in [2.75, 3.05) is 0 Å². The molecule has 1 fully saturated rings. The number of carboxylic acid groups (broad SMARTS) is 1. The Morgan fingerprint density at radius 1 is 1.20 bits per heavy atom. The Kier molecular flexibility index (Phi) is 5.03. The van der Waals surface area contributed by atoms with Gasteiger partial charge < -0.3 is 15.2 Å². The molecule has 0 heterocycles. The minimum Gasteiger partial charge on any atom is -0.489 e. The summed E-state index contributed by atoms with van der Waals surface area (Å²) in [7, 11) is 0. The first-order valence-electron chi connectivity index (χ1n) is 8.35. The van der Waals surface area contributed by atoms with Crippen molar-refractivity contribution >= 4 is 11.9 Å². The first kappa shape index (κ1) is 17.0. The van der Waals surface area contributed by atoms with E-state index in [2.05, 4.69) is 5.32 Å². The molecular formula is C20H21NO4. The smallest absolute Gasteiger partial charge is 0.326 e. The van der Waals surface area contributed by atoms with Crippen LogP contribution in [0, 0.1) is 12.8 Å². The second kappa shape index (κ2) is 7.38. The maximum atomic E-state index is 12.3. The van der Waals surface area contributed by atoms with Gasteiger partial charge in [0.05, 0.1) is 0 Å². The van der Waals surface area contributed by atoms with Gasteiger partial charge in [0.15, 0.2) is 0 Å². The number of benzene rings is 2. The Labute approximate surface area is 146 Å². The van der Waals surface area contributed by atoms with Crippen LogP contribution in [-0.4, -0.2) is 23.0 Å². The summed E-state index contributed by atoms with van der Waals surface area (Å²) in [6.07, 6.45) is 1.69. The number of hydrogen-bond acceptors (Lipinski definition) is 3. The number of carbonyl (C=O) groups is 2. The predicted molar refractivity (Wildman–Crippen MR) is 93.6 cm³/mol. The number of nitrogens with one attached hydrogen (secondary N) is 1. The average Bonchev–Trinajstić information content (AvgIpc) is 3.42. The lowest BCUT2D eigenvalue weighted by atomic mass is 10.1. The van der Waals surface area contributed by atoms with Gasteiger partial charge in [0, 0.05) is 5.56 Å². The summed E-state index contributed by atoms with van der Waals surface area (Å²) in [5.41, 5.74) is 2.61. The molecule has 3 rings (SSSR count). The normalized spacial score (nSPS) is 14.6. The quantitative estimate of drug-likeness (QED) is 0.812. The predicted octanol–water partition coefficient (Wildman–Crippen LogP) is 3.17. The molecule has 5 heteroatoms. The van der Waals surface area contributed by atoms with Crippen LogP contribution in [0.4, 0.5) is 0 Å². The van der Waals surface area contributed by atoms with Crippen LogP contribution in [0.2, 0.25) is 0 Å². The van der Waals surface area contributed by atoms with Gasteiger partial charge in [-0.2, -0.15) is 0 Å². The molecule has 2 aromatic rings. The van der Waals surface area contributed by atoms with E-state index in [4.69, 9.17) is 4.74 Å². The Bertz CT molecular complexity index is 783. The van der Waals surface area contributed by atoms with Gasteiger partial charge >= 0.3 is 5.97 Å². The number of carboxylic acids is 1. The van der Waals surface area contributed by atoms with Crippen LogP contribution < -0.4 is 10.1 Å². The SMILES string of the molecule is Cc1cccc(COc2cccc(C(=O)NC(C(=O)O)C3CC3)c2)c1. The Hall–Kier alpha value is -2.82. The number of aryl methyl sites for hydroxylation is 1. The summed E-state index contributed by atoms with van der Waals surface area (Å²) >= 11 is 0. The topological polar surface area (TPSA) is 75.6 Å². The average molecular weight is 339 g/mol. The molecule has 0 spiro atoms. The molecule has 0 aromatic heterocycles. The molecule has 5 nitrogen and oxygen atoms in total. The number of hydrogen-bond donors (Lipinski definition) is 2. The standard InChI is InChI=1S/C20H21NO4/c1-13-4-2-5-14(10-13)12-25-17-7-3-6-16(11-17)19(22)21-18(20(23)24)15-8-9-15/h2-7,10-11,15,18H,8-9,12H2,1H3,(H,21,22)(H,23,24). The highest BCUT2D eigenvalue weighted by molar-refractivity contribution is 5.97. The first-order valence-corrected chi connectivity index (χ1v) is 8.35. The summed E-state index contributed by atoms with van der Waals surface area (Å²) in [5, 5.41) is 11.8. The lowest BCUT2D eigenvalue weighted by Crippen LogP contribution is -2.42. The van der Waals surface area contributed by atoms with Gasteiger partial charge in [0.2, 0.25) is 0 Å². The molecule has 2 N–H and O–H groups in total. The van der Waals surface area contributed by atoms with Crippen LogP contribution in [0.1, 0.15) is 34.3 Å². The van der Waals surface area contributed by atoms with Gasteiger partial charge in [-0.25, -0.2) is 4.79 Å². The molecule has 1 unspecified atom stereocenters. The molecule has 0 radical (unpaired) electrons. The third-order valence-corrected chi connectivity index (χ3v) is 4.23. The first-order chi connectivity index (χ1) is 12.0. The maximum Gasteiger partial charge on any atom is 0.326 e. The molecule has 0 bridgehead atoms. The van der Waals surface area contributed by atoms with Crippen molar-refractivity contribution < 1.29 is 19.4 Å². The minimum absolute atomic E-state index is 0.0437. The highest BCUT2D eigenvalue weighted by atomic mass is 16.5. The van der Waals surface area contributed by atoms with Crippen molar-refractivity contribution in [3.63, 3.8) is 0 Å². The van der Waals surface area contributed by atoms with Crippen LogP contribution in [0.15, 0.2) is 48.5 Å². The number of aliphatic carboxylic acids is 1. The zero-order valence-electron chi connectivity index (χ0n) is 14.1. The number of rotatable bonds is 7. The van der Waals surface area contributed by atoms with Gasteiger partial charge in [-0.3, -0.25) is 4.79 Å². The second-order valence-electron chi connectivity index (χ2n) is 6.43. The summed E-state index contributed by atoms with van der Waals surface area (Å²) in [6, 6.07) is 14.0. The molecule has 130 valence electrons. The molecule has 0 saturated heterocycles. The molecule has 25 heavy (non-hydrogen) atoms. The lowest BCUT2D eigenvalue weighted by Gasteiger charge is -2.14. The van der Waals surface area contributed by atoms with Crippen molar-refractivity contribution in [1.82, 2.24) is 5.32 Å². The van der Waals surface area contributed by atoms with E-state index in [0.29, 0.717) is 17.9 Å². The molecule has 1 atom stereocenters. The van der Waals surface area contributed by atoms with Crippen molar-refractivity contribution in [1.29, 1.82) is 0 Å². The van der Waals surface area contributed by atoms with E-state index in [1.807, 2.05) is 31.2 Å².